The number of alkyl halides is 2. The maximum Gasteiger partial charge on any atom is 0.287 e. The summed E-state index contributed by atoms with van der Waals surface area (Å²) in [5.74, 6) is -3.29. The van der Waals surface area contributed by atoms with Crippen LogP contribution in [0.25, 0.3) is 21.9 Å². The molecule has 3 heterocycles. The number of para-hydroxylation sites is 2. The number of nitrogens with zero attached hydrogens (tertiary/aromatic N) is 4. The van der Waals surface area contributed by atoms with E-state index in [9.17, 15) is 13.6 Å². The molecule has 5 rings (SSSR count). The highest BCUT2D eigenvalue weighted by molar-refractivity contribution is 6.05. The SMILES string of the molecule is Cn1cnc2c(C(=O)N3CCC(F)(F)[C@@H](Oc4ccc5ccccc5n4)C3)cccc21. The van der Waals surface area contributed by atoms with Crippen molar-refractivity contribution in [2.24, 2.45) is 7.05 Å². The molecule has 0 N–H and O–H groups in total. The number of halogens is 2. The van der Waals surface area contributed by atoms with Gasteiger partial charge in [0.15, 0.2) is 6.10 Å². The predicted molar refractivity (Wildman–Crippen MR) is 112 cm³/mol. The number of fused-ring (bicyclic) bond motifs is 2. The van der Waals surface area contributed by atoms with E-state index in [1.54, 1.807) is 36.7 Å². The number of likely N-dealkylation sites (tertiary alicyclic amines) is 1. The zero-order valence-electron chi connectivity index (χ0n) is 16.8. The van der Waals surface area contributed by atoms with Gasteiger partial charge in [-0.1, -0.05) is 24.3 Å². The van der Waals surface area contributed by atoms with Gasteiger partial charge in [0.2, 0.25) is 5.88 Å². The molecule has 2 aromatic carbocycles. The molecular formula is C23H20F2N4O2. The average molecular weight is 422 g/mol. The van der Waals surface area contributed by atoms with E-state index < -0.39 is 18.4 Å². The lowest BCUT2D eigenvalue weighted by molar-refractivity contribution is -0.131. The first kappa shape index (κ1) is 19.4. The highest BCUT2D eigenvalue weighted by Gasteiger charge is 2.47. The topological polar surface area (TPSA) is 60.2 Å². The van der Waals surface area contributed by atoms with Crippen LogP contribution in [0.2, 0.25) is 0 Å². The third-order valence-corrected chi connectivity index (χ3v) is 5.68. The number of rotatable bonds is 3. The molecule has 6 nitrogen and oxygen atoms in total. The molecule has 0 radical (unpaired) electrons. The fraction of sp³-hybridized carbons (Fsp3) is 0.261. The second kappa shape index (κ2) is 7.30. The predicted octanol–water partition coefficient (Wildman–Crippen LogP) is 4.05. The second-order valence-corrected chi connectivity index (χ2v) is 7.74. The number of piperidine rings is 1. The molecule has 8 heteroatoms. The third-order valence-electron chi connectivity index (χ3n) is 5.68. The van der Waals surface area contributed by atoms with Crippen LogP contribution < -0.4 is 4.74 Å². The molecule has 0 spiro atoms. The van der Waals surface area contributed by atoms with Gasteiger partial charge in [0.25, 0.3) is 11.8 Å². The molecule has 0 aliphatic carbocycles. The minimum absolute atomic E-state index is 0.0555. The van der Waals surface area contributed by atoms with Gasteiger partial charge in [0, 0.05) is 31.5 Å². The minimum atomic E-state index is -3.07. The number of carbonyl (C=O) groups is 1. The van der Waals surface area contributed by atoms with Crippen LogP contribution in [0.15, 0.2) is 60.9 Å². The summed E-state index contributed by atoms with van der Waals surface area (Å²) in [4.78, 5) is 23.2. The summed E-state index contributed by atoms with van der Waals surface area (Å²) < 4.78 is 36.7. The Morgan fingerprint density at radius 2 is 1.97 bits per heavy atom. The van der Waals surface area contributed by atoms with Crippen LogP contribution in [0.3, 0.4) is 0 Å². The van der Waals surface area contributed by atoms with Crippen LogP contribution in [-0.2, 0) is 7.05 Å². The van der Waals surface area contributed by atoms with Gasteiger partial charge in [-0.05, 0) is 24.3 Å². The molecule has 0 unspecified atom stereocenters. The van der Waals surface area contributed by atoms with Gasteiger partial charge in [-0.15, -0.1) is 0 Å². The molecule has 4 aromatic rings. The Hall–Kier alpha value is -3.55. The first-order valence-electron chi connectivity index (χ1n) is 10.0. The van der Waals surface area contributed by atoms with Crippen molar-refractivity contribution >= 4 is 27.8 Å². The number of hydrogen-bond acceptors (Lipinski definition) is 4. The Balaban J connectivity index is 1.41. The number of amides is 1. The molecule has 1 aliphatic heterocycles. The fourth-order valence-corrected chi connectivity index (χ4v) is 3.94. The van der Waals surface area contributed by atoms with E-state index in [2.05, 4.69) is 9.97 Å². The molecule has 1 aliphatic rings. The smallest absolute Gasteiger partial charge is 0.287 e. The largest absolute Gasteiger partial charge is 0.466 e. The van der Waals surface area contributed by atoms with Crippen molar-refractivity contribution in [3.05, 3.63) is 66.5 Å². The number of aromatic nitrogens is 3. The van der Waals surface area contributed by atoms with Crippen molar-refractivity contribution in [3.8, 4) is 5.88 Å². The van der Waals surface area contributed by atoms with Crippen molar-refractivity contribution < 1.29 is 18.3 Å². The minimum Gasteiger partial charge on any atom is -0.466 e. The molecular weight excluding hydrogens is 402 g/mol. The van der Waals surface area contributed by atoms with Crippen molar-refractivity contribution in [3.63, 3.8) is 0 Å². The van der Waals surface area contributed by atoms with Crippen molar-refractivity contribution in [2.75, 3.05) is 13.1 Å². The van der Waals surface area contributed by atoms with Crippen molar-refractivity contribution in [1.82, 2.24) is 19.4 Å². The van der Waals surface area contributed by atoms with E-state index >= 15 is 0 Å². The Bertz CT molecular complexity index is 1290. The number of pyridine rings is 1. The number of benzene rings is 2. The van der Waals surface area contributed by atoms with Crippen LogP contribution in [0, 0.1) is 0 Å². The van der Waals surface area contributed by atoms with E-state index in [0.717, 1.165) is 10.9 Å². The monoisotopic (exact) mass is 422 g/mol. The normalized spacial score (nSPS) is 18.4. The maximum atomic E-state index is 14.7. The number of aryl methyl sites for hydroxylation is 1. The lowest BCUT2D eigenvalue weighted by atomic mass is 10.0. The molecule has 1 saturated heterocycles. The number of ether oxygens (including phenoxy) is 1. The van der Waals surface area contributed by atoms with E-state index in [0.29, 0.717) is 16.6 Å². The van der Waals surface area contributed by atoms with Crippen LogP contribution in [0.5, 0.6) is 5.88 Å². The highest BCUT2D eigenvalue weighted by Crippen LogP contribution is 2.33. The van der Waals surface area contributed by atoms with Crippen LogP contribution in [-0.4, -0.2) is 50.5 Å². The summed E-state index contributed by atoms with van der Waals surface area (Å²) in [6.07, 6.45) is -0.333. The molecule has 31 heavy (non-hydrogen) atoms. The summed E-state index contributed by atoms with van der Waals surface area (Å²) in [6, 6.07) is 16.1. The second-order valence-electron chi connectivity index (χ2n) is 7.74. The average Bonchev–Trinajstić information content (AvgIpc) is 3.15. The molecule has 0 saturated carbocycles. The quantitative estimate of drug-likeness (QED) is 0.500. The molecule has 1 atom stereocenters. The number of hydrogen-bond donors (Lipinski definition) is 0. The maximum absolute atomic E-state index is 14.7. The van der Waals surface area contributed by atoms with Gasteiger partial charge >= 0.3 is 0 Å². The zero-order chi connectivity index (χ0) is 21.6. The summed E-state index contributed by atoms with van der Waals surface area (Å²) >= 11 is 0. The Labute approximate surface area is 177 Å². The Kier molecular flexibility index (Phi) is 4.57. The fourth-order valence-electron chi connectivity index (χ4n) is 3.94. The summed E-state index contributed by atoms with van der Waals surface area (Å²) in [5, 5.41) is 0.894. The Morgan fingerprint density at radius 1 is 1.13 bits per heavy atom. The van der Waals surface area contributed by atoms with E-state index in [1.807, 2.05) is 35.9 Å². The number of imidazole rings is 1. The third kappa shape index (κ3) is 3.48. The van der Waals surface area contributed by atoms with Crippen LogP contribution >= 0.6 is 0 Å². The summed E-state index contributed by atoms with van der Waals surface area (Å²) in [7, 11) is 1.84. The van der Waals surface area contributed by atoms with Gasteiger partial charge in [0.1, 0.15) is 5.52 Å². The van der Waals surface area contributed by atoms with E-state index in [-0.39, 0.29) is 24.9 Å². The molecule has 0 bridgehead atoms. The first-order chi connectivity index (χ1) is 14.9. The van der Waals surface area contributed by atoms with Gasteiger partial charge in [-0.2, -0.15) is 0 Å². The van der Waals surface area contributed by atoms with Gasteiger partial charge in [-0.3, -0.25) is 4.79 Å². The summed E-state index contributed by atoms with van der Waals surface area (Å²) in [5.41, 5.74) is 2.42. The standard InChI is InChI=1S/C23H20F2N4O2/c1-28-14-26-21-16(6-4-8-18(21)28)22(30)29-12-11-23(24,25)19(13-29)31-20-10-9-15-5-2-3-7-17(15)27-20/h2-10,14,19H,11-13H2,1H3/t19-/m0/s1. The molecule has 158 valence electrons. The van der Waals surface area contributed by atoms with E-state index in [4.69, 9.17) is 4.74 Å². The van der Waals surface area contributed by atoms with Gasteiger partial charge in [-0.25, -0.2) is 18.7 Å². The molecule has 1 fully saturated rings. The van der Waals surface area contributed by atoms with Gasteiger partial charge < -0.3 is 14.2 Å². The highest BCUT2D eigenvalue weighted by atomic mass is 19.3. The zero-order valence-corrected chi connectivity index (χ0v) is 16.8. The molecule has 2 aromatic heterocycles. The first-order valence-corrected chi connectivity index (χ1v) is 10.0. The lowest BCUT2D eigenvalue weighted by Crippen LogP contribution is -2.55. The van der Waals surface area contributed by atoms with Gasteiger partial charge in [0.05, 0.1) is 29.5 Å². The van der Waals surface area contributed by atoms with Crippen molar-refractivity contribution in [2.45, 2.75) is 18.4 Å². The Morgan fingerprint density at radius 3 is 2.84 bits per heavy atom. The van der Waals surface area contributed by atoms with E-state index in [1.165, 1.54) is 4.90 Å². The lowest BCUT2D eigenvalue weighted by Gasteiger charge is -2.38. The summed E-state index contributed by atoms with van der Waals surface area (Å²) in [6.45, 7) is -0.288. The molecule has 1 amide bonds. The van der Waals surface area contributed by atoms with Crippen LogP contribution in [0.1, 0.15) is 16.8 Å². The number of carbonyl (C=O) groups excluding carboxylic acids is 1. The van der Waals surface area contributed by atoms with Crippen molar-refractivity contribution in [1.29, 1.82) is 0 Å². The van der Waals surface area contributed by atoms with Crippen LogP contribution in [0.4, 0.5) is 8.78 Å².